The molecule has 0 fully saturated rings. The molecule has 0 atom stereocenters. The van der Waals surface area contributed by atoms with Gasteiger partial charge < -0.3 is 4.74 Å². The lowest BCUT2D eigenvalue weighted by Gasteiger charge is -2.15. The van der Waals surface area contributed by atoms with Gasteiger partial charge in [-0.05, 0) is 36.6 Å². The maximum absolute atomic E-state index is 11.7. The van der Waals surface area contributed by atoms with Gasteiger partial charge in [-0.15, -0.1) is 11.3 Å². The van der Waals surface area contributed by atoms with Gasteiger partial charge in [0.25, 0.3) is 0 Å². The van der Waals surface area contributed by atoms with Crippen LogP contribution in [0, 0.1) is 13.8 Å². The molecule has 0 amide bonds. The van der Waals surface area contributed by atoms with E-state index in [0.717, 1.165) is 39.3 Å². The van der Waals surface area contributed by atoms with E-state index < -0.39 is 0 Å². The Morgan fingerprint density at radius 3 is 2.77 bits per heavy atom. The molecule has 130 valence electrons. The predicted octanol–water partition coefficient (Wildman–Crippen LogP) is 5.07. The van der Waals surface area contributed by atoms with E-state index in [0.29, 0.717) is 18.0 Å². The number of aryl methyl sites for hydroxylation is 2. The fraction of sp³-hybridized carbons (Fsp3) is 0.143. The zero-order valence-corrected chi connectivity index (χ0v) is 15.4. The highest BCUT2D eigenvalue weighted by molar-refractivity contribution is 7.15. The van der Waals surface area contributed by atoms with Gasteiger partial charge in [0.15, 0.2) is 11.2 Å². The number of fused-ring (bicyclic) bond motifs is 1. The first kappa shape index (κ1) is 16.5. The van der Waals surface area contributed by atoms with E-state index in [9.17, 15) is 4.79 Å². The van der Waals surface area contributed by atoms with Crippen LogP contribution in [-0.2, 0) is 6.61 Å². The van der Waals surface area contributed by atoms with Crippen LogP contribution in [0.15, 0.2) is 54.0 Å². The summed E-state index contributed by atoms with van der Waals surface area (Å²) in [7, 11) is 0. The Labute approximate surface area is 155 Å². The summed E-state index contributed by atoms with van der Waals surface area (Å²) in [5.41, 5.74) is 5.32. The maximum atomic E-state index is 11.7. The molecule has 4 nitrogen and oxygen atoms in total. The second-order valence-electron chi connectivity index (χ2n) is 6.25. The molecule has 0 radical (unpaired) electrons. The first-order valence-corrected chi connectivity index (χ1v) is 9.24. The minimum absolute atomic E-state index is 0.469. The van der Waals surface area contributed by atoms with Crippen molar-refractivity contribution in [3.05, 3.63) is 76.4 Å². The van der Waals surface area contributed by atoms with Crippen molar-refractivity contribution in [2.75, 3.05) is 0 Å². The fourth-order valence-corrected chi connectivity index (χ4v) is 3.89. The van der Waals surface area contributed by atoms with Gasteiger partial charge in [-0.25, -0.2) is 4.98 Å². The number of imidazole rings is 1. The summed E-state index contributed by atoms with van der Waals surface area (Å²) in [6, 6.07) is 14.2. The van der Waals surface area contributed by atoms with Crippen LogP contribution in [-0.4, -0.2) is 15.7 Å². The number of hydrogen-bond acceptors (Lipinski definition) is 4. The smallest absolute Gasteiger partial charge is 0.194 e. The van der Waals surface area contributed by atoms with Crippen molar-refractivity contribution in [3.63, 3.8) is 0 Å². The summed E-state index contributed by atoms with van der Waals surface area (Å²) < 4.78 is 8.00. The Kier molecular flexibility index (Phi) is 4.31. The van der Waals surface area contributed by atoms with Gasteiger partial charge in [0.2, 0.25) is 0 Å². The third-order valence-corrected chi connectivity index (χ3v) is 5.07. The number of benzene rings is 2. The largest absolute Gasteiger partial charge is 0.488 e. The molecule has 4 aromatic rings. The summed E-state index contributed by atoms with van der Waals surface area (Å²) in [6.45, 7) is 4.53. The van der Waals surface area contributed by atoms with E-state index in [4.69, 9.17) is 4.74 Å². The van der Waals surface area contributed by atoms with E-state index in [2.05, 4.69) is 11.1 Å². The third-order valence-electron chi connectivity index (χ3n) is 4.31. The van der Waals surface area contributed by atoms with E-state index >= 15 is 0 Å². The molecule has 2 aromatic heterocycles. The number of aromatic nitrogens is 2. The summed E-state index contributed by atoms with van der Waals surface area (Å²) in [5.74, 6) is 0.772. The van der Waals surface area contributed by atoms with Gasteiger partial charge in [-0.3, -0.25) is 9.20 Å². The average molecular weight is 362 g/mol. The molecule has 0 aliphatic heterocycles. The highest BCUT2D eigenvalue weighted by atomic mass is 32.1. The normalized spacial score (nSPS) is 11.0. The van der Waals surface area contributed by atoms with Crippen molar-refractivity contribution in [2.24, 2.45) is 0 Å². The summed E-state index contributed by atoms with van der Waals surface area (Å²) in [6.07, 6.45) is 2.73. The van der Waals surface area contributed by atoms with E-state index in [1.165, 1.54) is 11.3 Å². The summed E-state index contributed by atoms with van der Waals surface area (Å²) in [5, 5.41) is 1.92. The van der Waals surface area contributed by atoms with Crippen molar-refractivity contribution in [2.45, 2.75) is 20.5 Å². The topological polar surface area (TPSA) is 43.6 Å². The standard InChI is InChI=1S/C21H18N2O2S/c1-14-10-15(2)20(25-13-16-6-4-3-5-7-16)17(11-14)19-18(12-24)23-8-9-26-21(23)22-19/h3-12H,13H2,1-2H3. The van der Waals surface area contributed by atoms with Crippen LogP contribution in [0.3, 0.4) is 0 Å². The minimum atomic E-state index is 0.469. The lowest BCUT2D eigenvalue weighted by molar-refractivity contribution is 0.111. The van der Waals surface area contributed by atoms with Crippen molar-refractivity contribution in [1.82, 2.24) is 9.38 Å². The molecule has 0 unspecified atom stereocenters. The second-order valence-corrected chi connectivity index (χ2v) is 7.12. The first-order valence-electron chi connectivity index (χ1n) is 8.36. The van der Waals surface area contributed by atoms with Crippen molar-refractivity contribution in [3.8, 4) is 17.0 Å². The minimum Gasteiger partial charge on any atom is -0.488 e. The lowest BCUT2D eigenvalue weighted by atomic mass is 10.0. The Morgan fingerprint density at radius 2 is 2.00 bits per heavy atom. The SMILES string of the molecule is Cc1cc(C)c(OCc2ccccc2)c(-c2nc3sccn3c2C=O)c1. The molecule has 0 saturated heterocycles. The molecule has 0 aliphatic carbocycles. The Morgan fingerprint density at radius 1 is 1.19 bits per heavy atom. The highest BCUT2D eigenvalue weighted by Gasteiger charge is 2.20. The summed E-state index contributed by atoms with van der Waals surface area (Å²) in [4.78, 5) is 17.2. The summed E-state index contributed by atoms with van der Waals surface area (Å²) >= 11 is 1.51. The number of carbonyl (C=O) groups is 1. The number of aldehydes is 1. The zero-order chi connectivity index (χ0) is 18.1. The molecular weight excluding hydrogens is 344 g/mol. The molecule has 2 aromatic carbocycles. The van der Waals surface area contributed by atoms with Crippen LogP contribution in [0.5, 0.6) is 5.75 Å². The molecule has 0 spiro atoms. The number of nitrogens with zero attached hydrogens (tertiary/aromatic N) is 2. The van der Waals surface area contributed by atoms with Crippen molar-refractivity contribution >= 4 is 22.6 Å². The van der Waals surface area contributed by atoms with Crippen molar-refractivity contribution < 1.29 is 9.53 Å². The van der Waals surface area contributed by atoms with Gasteiger partial charge >= 0.3 is 0 Å². The monoisotopic (exact) mass is 362 g/mol. The van der Waals surface area contributed by atoms with Gasteiger partial charge in [0, 0.05) is 17.1 Å². The Bertz CT molecular complexity index is 1080. The Balaban J connectivity index is 1.82. The Hall–Kier alpha value is -2.92. The highest BCUT2D eigenvalue weighted by Crippen LogP contribution is 2.36. The van der Waals surface area contributed by atoms with E-state index in [1.54, 1.807) is 0 Å². The fourth-order valence-electron chi connectivity index (χ4n) is 3.17. The number of hydrogen-bond donors (Lipinski definition) is 0. The predicted molar refractivity (Wildman–Crippen MR) is 104 cm³/mol. The molecule has 0 aliphatic rings. The lowest BCUT2D eigenvalue weighted by Crippen LogP contribution is -2.01. The molecule has 0 N–H and O–H groups in total. The molecule has 26 heavy (non-hydrogen) atoms. The van der Waals surface area contributed by atoms with E-state index in [-0.39, 0.29) is 0 Å². The van der Waals surface area contributed by atoms with Gasteiger partial charge in [0.1, 0.15) is 23.7 Å². The first-order chi connectivity index (χ1) is 12.7. The van der Waals surface area contributed by atoms with Gasteiger partial charge in [-0.1, -0.05) is 36.4 Å². The van der Waals surface area contributed by atoms with Crippen LogP contribution in [0.4, 0.5) is 0 Å². The van der Waals surface area contributed by atoms with Crippen molar-refractivity contribution in [1.29, 1.82) is 0 Å². The quantitative estimate of drug-likeness (QED) is 0.466. The van der Waals surface area contributed by atoms with Gasteiger partial charge in [0.05, 0.1) is 0 Å². The molecular formula is C21H18N2O2S. The van der Waals surface area contributed by atoms with Crippen LogP contribution in [0.25, 0.3) is 16.2 Å². The second kappa shape index (κ2) is 6.77. The molecule has 5 heteroatoms. The van der Waals surface area contributed by atoms with Crippen LogP contribution < -0.4 is 4.74 Å². The zero-order valence-electron chi connectivity index (χ0n) is 14.6. The third kappa shape index (κ3) is 2.91. The molecule has 2 heterocycles. The molecule has 0 bridgehead atoms. The maximum Gasteiger partial charge on any atom is 0.194 e. The molecule has 0 saturated carbocycles. The number of rotatable bonds is 5. The number of ether oxygens (including phenoxy) is 1. The van der Waals surface area contributed by atoms with E-state index in [1.807, 2.05) is 66.2 Å². The number of thiazole rings is 1. The van der Waals surface area contributed by atoms with Gasteiger partial charge in [-0.2, -0.15) is 0 Å². The number of carbonyl (C=O) groups excluding carboxylic acids is 1. The van der Waals surface area contributed by atoms with Crippen LogP contribution >= 0.6 is 11.3 Å². The molecule has 4 rings (SSSR count). The van der Waals surface area contributed by atoms with Crippen LogP contribution in [0.2, 0.25) is 0 Å². The average Bonchev–Trinajstić information content (AvgIpc) is 3.22. The van der Waals surface area contributed by atoms with Crippen LogP contribution in [0.1, 0.15) is 27.2 Å².